The van der Waals surface area contributed by atoms with E-state index in [1.54, 1.807) is 6.92 Å². The predicted octanol–water partition coefficient (Wildman–Crippen LogP) is 2.32. The van der Waals surface area contributed by atoms with Crippen molar-refractivity contribution in [3.8, 4) is 0 Å². The summed E-state index contributed by atoms with van der Waals surface area (Å²) in [6.07, 6.45) is -0.114. The SMILES string of the molecule is Cc1cc(Br)c(N2CC(CS(=O)(=O)F)CC2=O)cc1[N+](=O)[O-]. The molecule has 1 heterocycles. The first-order valence-electron chi connectivity index (χ1n) is 6.25. The average Bonchev–Trinajstić information content (AvgIpc) is 2.67. The summed E-state index contributed by atoms with van der Waals surface area (Å²) < 4.78 is 34.6. The summed E-state index contributed by atoms with van der Waals surface area (Å²) in [6.45, 7) is 1.57. The molecule has 0 spiro atoms. The molecule has 1 aromatic rings. The number of anilines is 1. The Hall–Kier alpha value is -1.55. The lowest BCUT2D eigenvalue weighted by Gasteiger charge is -2.18. The highest BCUT2D eigenvalue weighted by Crippen LogP contribution is 2.36. The van der Waals surface area contributed by atoms with Crippen LogP contribution in [0.15, 0.2) is 16.6 Å². The van der Waals surface area contributed by atoms with E-state index in [-0.39, 0.29) is 24.3 Å². The van der Waals surface area contributed by atoms with E-state index >= 15 is 0 Å². The number of benzene rings is 1. The van der Waals surface area contributed by atoms with E-state index in [1.165, 1.54) is 17.0 Å². The Morgan fingerprint density at radius 2 is 2.14 bits per heavy atom. The Morgan fingerprint density at radius 1 is 1.50 bits per heavy atom. The van der Waals surface area contributed by atoms with Gasteiger partial charge in [0.05, 0.1) is 16.4 Å². The lowest BCUT2D eigenvalue weighted by atomic mass is 10.1. The van der Waals surface area contributed by atoms with Crippen molar-refractivity contribution in [3.05, 3.63) is 32.3 Å². The first kappa shape index (κ1) is 16.8. The van der Waals surface area contributed by atoms with Crippen molar-refractivity contribution in [2.24, 2.45) is 5.92 Å². The number of nitro benzene ring substituents is 1. The summed E-state index contributed by atoms with van der Waals surface area (Å²) in [7, 11) is -4.67. The quantitative estimate of drug-likeness (QED) is 0.443. The standard InChI is InChI=1S/C12H12BrFN2O5S/c1-7-2-9(13)11(4-10(7)16(18)19)15-5-8(3-12(15)17)6-22(14,20)21/h2,4,8H,3,5-6H2,1H3. The molecule has 1 saturated heterocycles. The topological polar surface area (TPSA) is 97.6 Å². The largest absolute Gasteiger partial charge is 0.311 e. The minimum atomic E-state index is -4.67. The van der Waals surface area contributed by atoms with E-state index in [9.17, 15) is 27.2 Å². The van der Waals surface area contributed by atoms with E-state index in [0.717, 1.165) is 0 Å². The molecule has 1 atom stereocenters. The molecule has 1 fully saturated rings. The van der Waals surface area contributed by atoms with Crippen LogP contribution in [0.5, 0.6) is 0 Å². The molecule has 1 aromatic carbocycles. The van der Waals surface area contributed by atoms with Gasteiger partial charge in [-0.2, -0.15) is 8.42 Å². The number of carbonyl (C=O) groups excluding carboxylic acids is 1. The Kier molecular flexibility index (Phi) is 4.52. The molecule has 2 rings (SSSR count). The van der Waals surface area contributed by atoms with Crippen LogP contribution in [-0.4, -0.2) is 31.5 Å². The second-order valence-electron chi connectivity index (χ2n) is 5.13. The number of nitro groups is 1. The summed E-state index contributed by atoms with van der Waals surface area (Å²) in [6, 6.07) is 2.77. The van der Waals surface area contributed by atoms with E-state index in [4.69, 9.17) is 0 Å². The third-order valence-corrected chi connectivity index (χ3v) is 4.90. The molecule has 1 amide bonds. The maximum atomic E-state index is 12.7. The van der Waals surface area contributed by atoms with Gasteiger partial charge in [0.25, 0.3) is 5.69 Å². The van der Waals surface area contributed by atoms with Crippen molar-refractivity contribution in [2.75, 3.05) is 17.2 Å². The molecule has 0 aliphatic carbocycles. The number of hydrogen-bond donors (Lipinski definition) is 0. The van der Waals surface area contributed by atoms with Crippen LogP contribution in [0, 0.1) is 23.0 Å². The van der Waals surface area contributed by atoms with Crippen molar-refractivity contribution in [1.29, 1.82) is 0 Å². The van der Waals surface area contributed by atoms with E-state index in [1.807, 2.05) is 0 Å². The second-order valence-corrected chi connectivity index (χ2v) is 7.39. The zero-order valence-electron chi connectivity index (χ0n) is 11.5. The molecule has 10 heteroatoms. The third kappa shape index (κ3) is 3.61. The van der Waals surface area contributed by atoms with Gasteiger partial charge >= 0.3 is 10.2 Å². The highest BCUT2D eigenvalue weighted by molar-refractivity contribution is 9.10. The van der Waals surface area contributed by atoms with Gasteiger partial charge in [0.2, 0.25) is 5.91 Å². The normalized spacial score (nSPS) is 18.8. The summed E-state index contributed by atoms with van der Waals surface area (Å²) in [5.41, 5.74) is 0.559. The number of hydrogen-bond acceptors (Lipinski definition) is 5. The highest BCUT2D eigenvalue weighted by atomic mass is 79.9. The molecule has 0 bridgehead atoms. The van der Waals surface area contributed by atoms with Crippen molar-refractivity contribution in [3.63, 3.8) is 0 Å². The van der Waals surface area contributed by atoms with Gasteiger partial charge in [0.15, 0.2) is 0 Å². The summed E-state index contributed by atoms with van der Waals surface area (Å²) in [5.74, 6) is -1.80. The number of aryl methyl sites for hydroxylation is 1. The Labute approximate surface area is 134 Å². The third-order valence-electron chi connectivity index (χ3n) is 3.39. The van der Waals surface area contributed by atoms with Crippen LogP contribution in [0.3, 0.4) is 0 Å². The molecule has 1 aliphatic heterocycles. The summed E-state index contributed by atoms with van der Waals surface area (Å²) >= 11 is 3.24. The maximum Gasteiger partial charge on any atom is 0.302 e. The zero-order valence-corrected chi connectivity index (χ0v) is 13.9. The van der Waals surface area contributed by atoms with Gasteiger partial charge in [-0.1, -0.05) is 0 Å². The molecule has 22 heavy (non-hydrogen) atoms. The number of carbonyl (C=O) groups is 1. The van der Waals surface area contributed by atoms with Crippen molar-refractivity contribution < 1.29 is 22.0 Å². The Balaban J connectivity index is 2.34. The number of nitrogens with zero attached hydrogens (tertiary/aromatic N) is 2. The van der Waals surface area contributed by atoms with Crippen LogP contribution >= 0.6 is 15.9 Å². The molecule has 120 valence electrons. The minimum absolute atomic E-state index is 0.000792. The lowest BCUT2D eigenvalue weighted by molar-refractivity contribution is -0.385. The fourth-order valence-electron chi connectivity index (χ4n) is 2.46. The van der Waals surface area contributed by atoms with Crippen LogP contribution in [0.2, 0.25) is 0 Å². The van der Waals surface area contributed by atoms with Crippen molar-refractivity contribution in [2.45, 2.75) is 13.3 Å². The summed E-state index contributed by atoms with van der Waals surface area (Å²) in [4.78, 5) is 23.7. The summed E-state index contributed by atoms with van der Waals surface area (Å²) in [5, 5.41) is 11.0. The molecule has 0 N–H and O–H groups in total. The van der Waals surface area contributed by atoms with Gasteiger partial charge < -0.3 is 4.90 Å². The van der Waals surface area contributed by atoms with E-state index in [0.29, 0.717) is 10.0 Å². The maximum absolute atomic E-state index is 12.7. The number of rotatable bonds is 4. The minimum Gasteiger partial charge on any atom is -0.311 e. The van der Waals surface area contributed by atoms with Crippen LogP contribution in [0.1, 0.15) is 12.0 Å². The lowest BCUT2D eigenvalue weighted by Crippen LogP contribution is -2.26. The molecular weight excluding hydrogens is 383 g/mol. The Morgan fingerprint density at radius 3 is 2.68 bits per heavy atom. The van der Waals surface area contributed by atoms with Crippen LogP contribution in [-0.2, 0) is 15.0 Å². The Bertz CT molecular complexity index is 752. The van der Waals surface area contributed by atoms with Crippen molar-refractivity contribution in [1.82, 2.24) is 0 Å². The van der Waals surface area contributed by atoms with Gasteiger partial charge in [-0.25, -0.2) is 0 Å². The van der Waals surface area contributed by atoms with Gasteiger partial charge in [-0.05, 0) is 28.9 Å². The molecule has 1 aliphatic rings. The van der Waals surface area contributed by atoms with Crippen LogP contribution in [0.4, 0.5) is 15.3 Å². The molecule has 0 aromatic heterocycles. The van der Waals surface area contributed by atoms with Gasteiger partial charge in [-0.15, -0.1) is 3.89 Å². The first-order valence-corrected chi connectivity index (χ1v) is 8.60. The highest BCUT2D eigenvalue weighted by Gasteiger charge is 2.35. The van der Waals surface area contributed by atoms with Gasteiger partial charge in [-0.3, -0.25) is 14.9 Å². The number of halogens is 2. The fourth-order valence-corrected chi connectivity index (χ4v) is 3.92. The molecule has 7 nitrogen and oxygen atoms in total. The fraction of sp³-hybridized carbons (Fsp3) is 0.417. The molecule has 0 radical (unpaired) electrons. The van der Waals surface area contributed by atoms with Gasteiger partial charge in [0, 0.05) is 35.0 Å². The molecule has 1 unspecified atom stereocenters. The number of amides is 1. The van der Waals surface area contributed by atoms with Crippen molar-refractivity contribution >= 4 is 43.4 Å². The van der Waals surface area contributed by atoms with E-state index in [2.05, 4.69) is 15.9 Å². The molecule has 0 saturated carbocycles. The van der Waals surface area contributed by atoms with Crippen LogP contribution in [0.25, 0.3) is 0 Å². The predicted molar refractivity (Wildman–Crippen MR) is 80.9 cm³/mol. The smallest absolute Gasteiger partial charge is 0.302 e. The molecular formula is C12H12BrFN2O5S. The average molecular weight is 395 g/mol. The van der Waals surface area contributed by atoms with E-state index < -0.39 is 32.7 Å². The monoisotopic (exact) mass is 394 g/mol. The zero-order chi connectivity index (χ0) is 16.7. The first-order chi connectivity index (χ1) is 10.1. The van der Waals surface area contributed by atoms with Crippen LogP contribution < -0.4 is 4.90 Å². The van der Waals surface area contributed by atoms with Gasteiger partial charge in [0.1, 0.15) is 0 Å². The second kappa shape index (κ2) is 5.92.